The number of unbranched alkanes of at least 4 members (excludes halogenated alkanes) is 2. The first-order valence-corrected chi connectivity index (χ1v) is 17.7. The van der Waals surface area contributed by atoms with Gasteiger partial charge in [-0.15, -0.1) is 0 Å². The van der Waals surface area contributed by atoms with E-state index in [9.17, 15) is 19.2 Å². The average molecular weight is 716 g/mol. The molecule has 0 amide bonds. The Hall–Kier alpha value is -5.16. The lowest BCUT2D eigenvalue weighted by atomic mass is 9.98. The Balaban J connectivity index is 1.01. The third kappa shape index (κ3) is 11.7. The van der Waals surface area contributed by atoms with Gasteiger partial charge in [-0.3, -0.25) is 19.2 Å². The van der Waals surface area contributed by atoms with Crippen LogP contribution in [0, 0.1) is 0 Å². The summed E-state index contributed by atoms with van der Waals surface area (Å²) in [6.07, 6.45) is 2.13. The second-order valence-corrected chi connectivity index (χ2v) is 12.7. The highest BCUT2D eigenvalue weighted by Gasteiger charge is 2.20. The fraction of sp³-hybridized carbons (Fsp3) is 0.415. The molecule has 278 valence electrons. The molecule has 0 spiro atoms. The number of carbonyl (C=O) groups excluding carboxylic acids is 4. The van der Waals surface area contributed by atoms with Crippen molar-refractivity contribution in [3.8, 4) is 11.5 Å². The molecular weight excluding hydrogens is 666 g/mol. The van der Waals surface area contributed by atoms with Crippen LogP contribution in [0.1, 0.15) is 75.3 Å². The maximum Gasteiger partial charge on any atom is 0.322 e. The average Bonchev–Trinajstić information content (AvgIpc) is 3.17. The number of methoxy groups -OCH3 is 2. The first-order chi connectivity index (χ1) is 25.1. The maximum absolute atomic E-state index is 12.6. The highest BCUT2D eigenvalue weighted by atomic mass is 16.5. The number of benzene rings is 4. The van der Waals surface area contributed by atoms with E-state index in [2.05, 4.69) is 0 Å². The van der Waals surface area contributed by atoms with Crippen molar-refractivity contribution < 1.29 is 47.6 Å². The van der Waals surface area contributed by atoms with Crippen LogP contribution in [-0.2, 0) is 38.1 Å². The van der Waals surface area contributed by atoms with E-state index in [1.54, 1.807) is 21.1 Å². The maximum atomic E-state index is 12.6. The Bertz CT molecular complexity index is 1820. The van der Waals surface area contributed by atoms with Gasteiger partial charge in [0.1, 0.15) is 17.5 Å². The minimum Gasteiger partial charge on any atom is -0.497 e. The van der Waals surface area contributed by atoms with E-state index in [4.69, 9.17) is 34.2 Å². The van der Waals surface area contributed by atoms with Crippen molar-refractivity contribution >= 4 is 45.4 Å². The van der Waals surface area contributed by atoms with Crippen molar-refractivity contribution in [2.75, 3.05) is 40.6 Å². The van der Waals surface area contributed by atoms with Crippen LogP contribution < -0.4 is 15.2 Å². The molecule has 0 saturated carbocycles. The fourth-order valence-electron chi connectivity index (χ4n) is 5.48. The monoisotopic (exact) mass is 715 g/mol. The van der Waals surface area contributed by atoms with Crippen LogP contribution in [0.25, 0.3) is 21.5 Å². The minimum absolute atomic E-state index is 0.0269. The van der Waals surface area contributed by atoms with Gasteiger partial charge < -0.3 is 34.2 Å². The zero-order valence-electron chi connectivity index (χ0n) is 30.4. The molecule has 52 heavy (non-hydrogen) atoms. The van der Waals surface area contributed by atoms with Gasteiger partial charge in [0.2, 0.25) is 0 Å². The molecule has 0 heterocycles. The van der Waals surface area contributed by atoms with Gasteiger partial charge in [0.25, 0.3) is 0 Å². The molecule has 4 aromatic rings. The third-order valence-corrected chi connectivity index (χ3v) is 8.89. The number of carbonyl (C=O) groups is 4. The van der Waals surface area contributed by atoms with Crippen LogP contribution in [0.15, 0.2) is 72.8 Å². The molecule has 11 nitrogen and oxygen atoms in total. The molecule has 0 radical (unpaired) electrons. The molecule has 3 atom stereocenters. The molecule has 4 rings (SSSR count). The lowest BCUT2D eigenvalue weighted by Crippen LogP contribution is -2.33. The van der Waals surface area contributed by atoms with Gasteiger partial charge in [-0.1, -0.05) is 48.5 Å². The van der Waals surface area contributed by atoms with Gasteiger partial charge in [0, 0.05) is 6.42 Å². The fourth-order valence-corrected chi connectivity index (χ4v) is 5.48. The number of fused-ring (bicyclic) bond motifs is 2. The van der Waals surface area contributed by atoms with Gasteiger partial charge in [-0.2, -0.15) is 0 Å². The number of rotatable bonds is 20. The van der Waals surface area contributed by atoms with Crippen molar-refractivity contribution in [2.24, 2.45) is 5.73 Å². The standard InChI is InChI=1S/C41H49NO10/c1-27(29-9-11-33-25-35(47-3)15-13-31(33)23-29)39(44)50-20-6-5-19-49-38(43)18-17-37(42)41(46)52-22-8-7-21-51-40(45)28(2)30-10-12-34-26-36(48-4)16-14-32(34)24-30/h9-16,23-28,37H,5-8,17-22,42H2,1-4H3/t27?,28?,37-/m0/s1. The summed E-state index contributed by atoms with van der Waals surface area (Å²) in [5.41, 5.74) is 7.62. The molecule has 0 saturated heterocycles. The van der Waals surface area contributed by atoms with Crippen molar-refractivity contribution in [3.63, 3.8) is 0 Å². The summed E-state index contributed by atoms with van der Waals surface area (Å²) in [6, 6.07) is 22.3. The molecule has 11 heteroatoms. The molecule has 0 aliphatic carbocycles. The predicted molar refractivity (Wildman–Crippen MR) is 197 cm³/mol. The van der Waals surface area contributed by atoms with Gasteiger partial charge in [-0.05, 0) is 103 Å². The zero-order chi connectivity index (χ0) is 37.5. The largest absolute Gasteiger partial charge is 0.497 e. The number of ether oxygens (including phenoxy) is 6. The number of hydrogen-bond acceptors (Lipinski definition) is 11. The van der Waals surface area contributed by atoms with E-state index >= 15 is 0 Å². The number of nitrogens with two attached hydrogens (primary N) is 1. The zero-order valence-corrected chi connectivity index (χ0v) is 30.4. The van der Waals surface area contributed by atoms with Gasteiger partial charge in [0.15, 0.2) is 0 Å². The SMILES string of the molecule is COc1ccc2cc(C(C)C(=O)OCCCCOC(=O)CC[C@H](N)C(=O)OCCCCOC(=O)C(C)c3ccc4cc(OC)ccc4c3)ccc2c1. The number of esters is 4. The molecular formula is C41H49NO10. The van der Waals surface area contributed by atoms with Crippen molar-refractivity contribution in [1.29, 1.82) is 0 Å². The second kappa shape index (κ2) is 20.0. The Labute approximate surface area is 304 Å². The molecule has 0 aliphatic rings. The van der Waals surface area contributed by atoms with Crippen molar-refractivity contribution in [1.82, 2.24) is 0 Å². The Kier molecular flexibility index (Phi) is 15.3. The first kappa shape index (κ1) is 39.6. The van der Waals surface area contributed by atoms with Crippen molar-refractivity contribution in [2.45, 2.75) is 70.3 Å². The summed E-state index contributed by atoms with van der Waals surface area (Å²) < 4.78 is 31.9. The normalized spacial score (nSPS) is 12.8. The summed E-state index contributed by atoms with van der Waals surface area (Å²) in [4.78, 5) is 49.5. The topological polar surface area (TPSA) is 150 Å². The summed E-state index contributed by atoms with van der Waals surface area (Å²) >= 11 is 0. The van der Waals surface area contributed by atoms with Crippen molar-refractivity contribution in [3.05, 3.63) is 83.9 Å². The Morgan fingerprint density at radius 1 is 0.538 bits per heavy atom. The third-order valence-electron chi connectivity index (χ3n) is 8.89. The van der Waals surface area contributed by atoms with Crippen LogP contribution in [-0.4, -0.2) is 70.6 Å². The van der Waals surface area contributed by atoms with E-state index in [0.717, 1.165) is 44.2 Å². The number of hydrogen-bond donors (Lipinski definition) is 1. The quantitative estimate of drug-likeness (QED) is 0.0588. The lowest BCUT2D eigenvalue weighted by Gasteiger charge is -2.14. The van der Waals surface area contributed by atoms with Crippen LogP contribution in [0.3, 0.4) is 0 Å². The lowest BCUT2D eigenvalue weighted by molar-refractivity contribution is -0.149. The predicted octanol–water partition coefficient (Wildman–Crippen LogP) is 6.76. The molecule has 0 aliphatic heterocycles. The van der Waals surface area contributed by atoms with Gasteiger partial charge in [-0.25, -0.2) is 0 Å². The van der Waals surface area contributed by atoms with Crippen LogP contribution in [0.4, 0.5) is 0 Å². The summed E-state index contributed by atoms with van der Waals surface area (Å²) in [7, 11) is 3.24. The molecule has 4 aromatic carbocycles. The highest BCUT2D eigenvalue weighted by molar-refractivity contribution is 5.88. The van der Waals surface area contributed by atoms with E-state index < -0.39 is 29.8 Å². The smallest absolute Gasteiger partial charge is 0.322 e. The van der Waals surface area contributed by atoms with E-state index in [1.807, 2.05) is 79.7 Å². The summed E-state index contributed by atoms with van der Waals surface area (Å²) in [5.74, 6) is -1.03. The molecule has 0 aromatic heterocycles. The minimum atomic E-state index is -0.957. The van der Waals surface area contributed by atoms with Crippen LogP contribution in [0.2, 0.25) is 0 Å². The van der Waals surface area contributed by atoms with Crippen LogP contribution in [0.5, 0.6) is 11.5 Å². The van der Waals surface area contributed by atoms with Gasteiger partial charge in [0.05, 0.1) is 52.5 Å². The molecule has 0 fully saturated rings. The Morgan fingerprint density at radius 3 is 1.37 bits per heavy atom. The molecule has 0 bridgehead atoms. The van der Waals surface area contributed by atoms with E-state index in [0.29, 0.717) is 25.7 Å². The molecule has 2 unspecified atom stereocenters. The highest BCUT2D eigenvalue weighted by Crippen LogP contribution is 2.27. The summed E-state index contributed by atoms with van der Waals surface area (Å²) in [5, 5.41) is 4.06. The Morgan fingerprint density at radius 2 is 0.923 bits per heavy atom. The first-order valence-electron chi connectivity index (χ1n) is 17.7. The van der Waals surface area contributed by atoms with E-state index in [-0.39, 0.29) is 51.2 Å². The van der Waals surface area contributed by atoms with E-state index in [1.165, 1.54) is 0 Å². The van der Waals surface area contributed by atoms with Crippen LogP contribution >= 0.6 is 0 Å². The molecule has 2 N–H and O–H groups in total. The van der Waals surface area contributed by atoms with Gasteiger partial charge >= 0.3 is 23.9 Å². The summed E-state index contributed by atoms with van der Waals surface area (Å²) in [6.45, 7) is 4.32. The second-order valence-electron chi connectivity index (χ2n) is 12.7.